The van der Waals surface area contributed by atoms with Crippen LogP contribution in [0.15, 0.2) is 36.8 Å². The largest absolute Gasteiger partial charge is 0.359 e. The number of pyridine rings is 1. The van der Waals surface area contributed by atoms with Crippen molar-refractivity contribution < 1.29 is 18.0 Å². The first-order valence-electron chi connectivity index (χ1n) is 9.79. The van der Waals surface area contributed by atoms with Crippen molar-refractivity contribution in [3.05, 3.63) is 71.1 Å². The number of hydrogen-bond donors (Lipinski definition) is 1. The van der Waals surface area contributed by atoms with Gasteiger partial charge < -0.3 is 9.88 Å². The molecule has 0 saturated heterocycles. The number of fused-ring (bicyclic) bond motifs is 2. The topological polar surface area (TPSA) is 66.8 Å². The van der Waals surface area contributed by atoms with Gasteiger partial charge in [-0.1, -0.05) is 0 Å². The van der Waals surface area contributed by atoms with Crippen LogP contribution in [0.2, 0.25) is 0 Å². The smallest absolute Gasteiger partial charge is 0.256 e. The Morgan fingerprint density at radius 3 is 2.71 bits per heavy atom. The number of nitrogens with zero attached hydrogens (tertiary/aromatic N) is 4. The van der Waals surface area contributed by atoms with Crippen molar-refractivity contribution >= 4 is 16.8 Å². The summed E-state index contributed by atoms with van der Waals surface area (Å²) in [6, 6.07) is 3.38. The summed E-state index contributed by atoms with van der Waals surface area (Å²) in [6.07, 6.45) is 5.43. The van der Waals surface area contributed by atoms with Crippen molar-refractivity contribution in [2.24, 2.45) is 7.05 Å². The summed E-state index contributed by atoms with van der Waals surface area (Å²) in [5.74, 6) is -4.14. The van der Waals surface area contributed by atoms with E-state index in [2.05, 4.69) is 15.1 Å². The zero-order valence-electron chi connectivity index (χ0n) is 16.8. The average Bonchev–Trinajstić information content (AvgIpc) is 3.32. The van der Waals surface area contributed by atoms with Crippen LogP contribution in [0.5, 0.6) is 0 Å². The highest BCUT2D eigenvalue weighted by molar-refractivity contribution is 6.06. The van der Waals surface area contributed by atoms with Crippen molar-refractivity contribution in [1.82, 2.24) is 24.6 Å². The number of aromatic nitrogens is 4. The van der Waals surface area contributed by atoms with Crippen LogP contribution in [0.4, 0.5) is 13.2 Å². The monoisotopic (exact) mass is 425 g/mol. The maximum absolute atomic E-state index is 13.8. The van der Waals surface area contributed by atoms with Crippen LogP contribution >= 0.6 is 0 Å². The Morgan fingerprint density at radius 2 is 1.97 bits per heavy atom. The van der Waals surface area contributed by atoms with E-state index in [4.69, 9.17) is 0 Å². The molecule has 0 unspecified atom stereocenters. The first kappa shape index (κ1) is 19.3. The molecule has 158 valence electrons. The number of nitrogens with one attached hydrogen (secondary N) is 1. The number of carbonyl (C=O) groups excluding carboxylic acids is 1. The summed E-state index contributed by atoms with van der Waals surface area (Å²) in [7, 11) is 1.67. The molecule has 1 atom stereocenters. The molecule has 4 heterocycles. The van der Waals surface area contributed by atoms with Gasteiger partial charge in [0.15, 0.2) is 17.5 Å². The minimum atomic E-state index is -1.50. The number of halogens is 3. The van der Waals surface area contributed by atoms with Gasteiger partial charge in [-0.25, -0.2) is 13.2 Å². The molecule has 9 heteroatoms. The van der Waals surface area contributed by atoms with Gasteiger partial charge in [-0.05, 0) is 31.5 Å². The van der Waals surface area contributed by atoms with Crippen LogP contribution in [0.1, 0.15) is 34.6 Å². The van der Waals surface area contributed by atoms with E-state index in [1.165, 1.54) is 4.68 Å². The molecular weight excluding hydrogens is 407 g/mol. The van der Waals surface area contributed by atoms with Crippen LogP contribution in [0.3, 0.4) is 0 Å². The van der Waals surface area contributed by atoms with Crippen LogP contribution < -0.4 is 0 Å². The van der Waals surface area contributed by atoms with Crippen molar-refractivity contribution in [2.75, 3.05) is 6.54 Å². The van der Waals surface area contributed by atoms with Gasteiger partial charge in [0, 0.05) is 42.5 Å². The standard InChI is InChI=1S/C22H18F3N5O/c1-11-20-14(21(29(2)28-20)12-7-16(23)19(25)17(24)8-12)4-6-30(11)22(31)15-9-27-18-10-26-5-3-13(15)18/h3,5,7-11,27H,4,6H2,1-2H3/t11-/m0/s1. The third-order valence-electron chi connectivity index (χ3n) is 5.87. The van der Waals surface area contributed by atoms with E-state index in [1.807, 2.05) is 6.92 Å². The Labute approximate surface area is 175 Å². The van der Waals surface area contributed by atoms with Gasteiger partial charge in [-0.2, -0.15) is 5.10 Å². The van der Waals surface area contributed by atoms with E-state index >= 15 is 0 Å². The third kappa shape index (κ3) is 2.91. The highest BCUT2D eigenvalue weighted by Gasteiger charge is 2.34. The Morgan fingerprint density at radius 1 is 1.23 bits per heavy atom. The fourth-order valence-corrected chi connectivity index (χ4v) is 4.38. The molecule has 0 aliphatic carbocycles. The lowest BCUT2D eigenvalue weighted by Crippen LogP contribution is -2.38. The fraction of sp³-hybridized carbons (Fsp3) is 0.227. The molecule has 4 aromatic rings. The number of H-pyrrole nitrogens is 1. The molecule has 0 spiro atoms. The molecule has 1 N–H and O–H groups in total. The third-order valence-corrected chi connectivity index (χ3v) is 5.87. The normalized spacial score (nSPS) is 16.0. The molecule has 3 aromatic heterocycles. The van der Waals surface area contributed by atoms with E-state index < -0.39 is 17.5 Å². The van der Waals surface area contributed by atoms with Crippen LogP contribution in [-0.2, 0) is 13.5 Å². The molecule has 1 aliphatic rings. The lowest BCUT2D eigenvalue weighted by molar-refractivity contribution is 0.0676. The average molecular weight is 425 g/mol. The second-order valence-electron chi connectivity index (χ2n) is 7.64. The maximum Gasteiger partial charge on any atom is 0.256 e. The molecule has 0 fully saturated rings. The molecule has 5 rings (SSSR count). The maximum atomic E-state index is 13.8. The number of rotatable bonds is 2. The van der Waals surface area contributed by atoms with Gasteiger partial charge in [0.1, 0.15) is 0 Å². The number of hydrogen-bond acceptors (Lipinski definition) is 3. The Hall–Kier alpha value is -3.62. The van der Waals surface area contributed by atoms with Crippen molar-refractivity contribution in [3.8, 4) is 11.3 Å². The minimum Gasteiger partial charge on any atom is -0.359 e. The van der Waals surface area contributed by atoms with Gasteiger partial charge >= 0.3 is 0 Å². The Balaban J connectivity index is 1.53. The molecule has 1 amide bonds. The number of benzene rings is 1. The van der Waals surface area contributed by atoms with Gasteiger partial charge in [0.2, 0.25) is 0 Å². The molecule has 1 aliphatic heterocycles. The Kier molecular flexibility index (Phi) is 4.35. The minimum absolute atomic E-state index is 0.137. The van der Waals surface area contributed by atoms with Crippen LogP contribution in [-0.4, -0.2) is 37.1 Å². The molecule has 0 radical (unpaired) electrons. The van der Waals surface area contributed by atoms with Gasteiger partial charge in [0.25, 0.3) is 5.91 Å². The van der Waals surface area contributed by atoms with Crippen molar-refractivity contribution in [2.45, 2.75) is 19.4 Å². The van der Waals surface area contributed by atoms with Crippen LogP contribution in [0.25, 0.3) is 22.2 Å². The summed E-state index contributed by atoms with van der Waals surface area (Å²) >= 11 is 0. The van der Waals surface area contributed by atoms with E-state index in [1.54, 1.807) is 36.6 Å². The van der Waals surface area contributed by atoms with E-state index in [-0.39, 0.29) is 17.5 Å². The lowest BCUT2D eigenvalue weighted by atomic mass is 9.95. The summed E-state index contributed by atoms with van der Waals surface area (Å²) in [5, 5.41) is 5.32. The zero-order valence-corrected chi connectivity index (χ0v) is 16.8. The summed E-state index contributed by atoms with van der Waals surface area (Å²) < 4.78 is 42.6. The molecule has 0 bridgehead atoms. The number of aryl methyl sites for hydroxylation is 1. The van der Waals surface area contributed by atoms with Gasteiger partial charge in [0.05, 0.1) is 34.7 Å². The highest BCUT2D eigenvalue weighted by atomic mass is 19.2. The predicted molar refractivity (Wildman–Crippen MR) is 108 cm³/mol. The summed E-state index contributed by atoms with van der Waals surface area (Å²) in [6.45, 7) is 2.28. The lowest BCUT2D eigenvalue weighted by Gasteiger charge is -2.33. The molecule has 31 heavy (non-hydrogen) atoms. The van der Waals surface area contributed by atoms with Gasteiger partial charge in [-0.3, -0.25) is 14.5 Å². The molecule has 1 aromatic carbocycles. The molecule has 6 nitrogen and oxygen atoms in total. The number of aromatic amines is 1. The summed E-state index contributed by atoms with van der Waals surface area (Å²) in [5.41, 5.74) is 3.51. The first-order chi connectivity index (χ1) is 14.9. The number of amides is 1. The van der Waals surface area contributed by atoms with Crippen LogP contribution in [0, 0.1) is 17.5 Å². The first-order valence-corrected chi connectivity index (χ1v) is 9.79. The number of carbonyl (C=O) groups is 1. The molecule has 0 saturated carbocycles. The predicted octanol–water partition coefficient (Wildman–Crippen LogP) is 4.14. The fourth-order valence-electron chi connectivity index (χ4n) is 4.38. The summed E-state index contributed by atoms with van der Waals surface area (Å²) in [4.78, 5) is 22.1. The van der Waals surface area contributed by atoms with E-state index in [9.17, 15) is 18.0 Å². The quantitative estimate of drug-likeness (QED) is 0.491. The SMILES string of the molecule is C[C@H]1c2nn(C)c(-c3cc(F)c(F)c(F)c3)c2CCN1C(=O)c1c[nH]c2cnccc12. The highest BCUT2D eigenvalue weighted by Crippen LogP contribution is 2.37. The van der Waals surface area contributed by atoms with E-state index in [0.29, 0.717) is 29.9 Å². The van der Waals surface area contributed by atoms with Crippen molar-refractivity contribution in [1.29, 1.82) is 0 Å². The second kappa shape index (κ2) is 6.97. The zero-order chi connectivity index (χ0) is 21.9. The van der Waals surface area contributed by atoms with E-state index in [0.717, 1.165) is 28.6 Å². The second-order valence-corrected chi connectivity index (χ2v) is 7.64. The Bertz CT molecular complexity index is 1320. The van der Waals surface area contributed by atoms with Crippen molar-refractivity contribution in [3.63, 3.8) is 0 Å². The molecular formula is C22H18F3N5O. The van der Waals surface area contributed by atoms with Gasteiger partial charge in [-0.15, -0.1) is 0 Å².